The quantitative estimate of drug-likeness (QED) is 0.393. The monoisotopic (exact) mass is 310 g/mol. The first-order valence-electron chi connectivity index (χ1n) is 7.68. The van der Waals surface area contributed by atoms with Gasteiger partial charge in [-0.2, -0.15) is 0 Å². The van der Waals surface area contributed by atoms with Gasteiger partial charge in [0.15, 0.2) is 0 Å². The van der Waals surface area contributed by atoms with E-state index in [9.17, 15) is 9.59 Å². The number of ether oxygens (including phenoxy) is 2. The summed E-state index contributed by atoms with van der Waals surface area (Å²) in [4.78, 5) is 22.9. The van der Waals surface area contributed by atoms with Crippen LogP contribution in [0.3, 0.4) is 0 Å². The Morgan fingerprint density at radius 1 is 1.18 bits per heavy atom. The lowest BCUT2D eigenvalue weighted by atomic mass is 10.1. The largest absolute Gasteiger partial charge is 0.462 e. The van der Waals surface area contributed by atoms with Gasteiger partial charge in [0, 0.05) is 12.5 Å². The minimum atomic E-state index is -0.443. The Morgan fingerprint density at radius 2 is 1.73 bits per heavy atom. The standard InChI is InChI=1S/C16H24O4.C2H6/c1-7-9-15(20-13(6)17)14(8-2)10-16(18)19-12(5)11(3)4;1-2/h7-9,11-12H,1,10H2,2-6H3;1-2H3/b14-8-,15-9+;. The predicted octanol–water partition coefficient (Wildman–Crippen LogP) is 4.57. The van der Waals surface area contributed by atoms with Crippen molar-refractivity contribution in [2.45, 2.75) is 61.0 Å². The lowest BCUT2D eigenvalue weighted by Crippen LogP contribution is -2.20. The number of allylic oxidation sites excluding steroid dienone is 4. The van der Waals surface area contributed by atoms with Crippen molar-refractivity contribution in [2.24, 2.45) is 5.92 Å². The second kappa shape index (κ2) is 12.9. The highest BCUT2D eigenvalue weighted by Crippen LogP contribution is 2.18. The molecule has 0 bridgehead atoms. The Kier molecular flexibility index (Phi) is 13.1. The summed E-state index contributed by atoms with van der Waals surface area (Å²) in [5.74, 6) is -0.211. The van der Waals surface area contributed by atoms with E-state index in [2.05, 4.69) is 6.58 Å². The van der Waals surface area contributed by atoms with Crippen LogP contribution in [0.1, 0.15) is 54.9 Å². The van der Waals surface area contributed by atoms with Gasteiger partial charge in [0.25, 0.3) is 0 Å². The Bertz CT molecular complexity index is 417. The van der Waals surface area contributed by atoms with Gasteiger partial charge in [-0.05, 0) is 25.8 Å². The summed E-state index contributed by atoms with van der Waals surface area (Å²) in [6, 6.07) is 0. The Morgan fingerprint density at radius 3 is 2.09 bits per heavy atom. The second-order valence-corrected chi connectivity index (χ2v) is 4.79. The van der Waals surface area contributed by atoms with Gasteiger partial charge in [-0.1, -0.05) is 46.4 Å². The van der Waals surface area contributed by atoms with E-state index in [4.69, 9.17) is 9.47 Å². The molecule has 0 aromatic heterocycles. The van der Waals surface area contributed by atoms with E-state index in [-0.39, 0.29) is 24.4 Å². The van der Waals surface area contributed by atoms with E-state index < -0.39 is 5.97 Å². The Balaban J connectivity index is 0. The second-order valence-electron chi connectivity index (χ2n) is 4.79. The van der Waals surface area contributed by atoms with Crippen molar-refractivity contribution in [3.63, 3.8) is 0 Å². The lowest BCUT2D eigenvalue weighted by Gasteiger charge is -2.17. The highest BCUT2D eigenvalue weighted by atomic mass is 16.5. The molecule has 1 atom stereocenters. The van der Waals surface area contributed by atoms with E-state index in [1.54, 1.807) is 19.1 Å². The number of hydrogen-bond acceptors (Lipinski definition) is 4. The molecule has 0 N–H and O–H groups in total. The van der Waals surface area contributed by atoms with Crippen molar-refractivity contribution in [2.75, 3.05) is 0 Å². The Hall–Kier alpha value is -1.84. The summed E-state index contributed by atoms with van der Waals surface area (Å²) in [5, 5.41) is 0. The maximum absolute atomic E-state index is 11.9. The number of rotatable bonds is 7. The van der Waals surface area contributed by atoms with Crippen molar-refractivity contribution >= 4 is 11.9 Å². The highest BCUT2D eigenvalue weighted by molar-refractivity contribution is 5.75. The summed E-state index contributed by atoms with van der Waals surface area (Å²) in [6.45, 7) is 16.5. The van der Waals surface area contributed by atoms with E-state index in [0.29, 0.717) is 11.3 Å². The molecule has 0 heterocycles. The summed E-state index contributed by atoms with van der Waals surface area (Å²) < 4.78 is 10.4. The third kappa shape index (κ3) is 9.97. The molecule has 0 saturated heterocycles. The lowest BCUT2D eigenvalue weighted by molar-refractivity contribution is -0.149. The molecular formula is C18H30O4. The van der Waals surface area contributed by atoms with E-state index in [1.165, 1.54) is 13.0 Å². The third-order valence-electron chi connectivity index (χ3n) is 2.78. The van der Waals surface area contributed by atoms with Crippen LogP contribution in [0.4, 0.5) is 0 Å². The maximum Gasteiger partial charge on any atom is 0.310 e. The zero-order valence-electron chi connectivity index (χ0n) is 14.9. The van der Waals surface area contributed by atoms with Crippen LogP contribution in [0.5, 0.6) is 0 Å². The van der Waals surface area contributed by atoms with Crippen molar-refractivity contribution in [1.29, 1.82) is 0 Å². The molecule has 4 heteroatoms. The van der Waals surface area contributed by atoms with Gasteiger partial charge in [0.05, 0.1) is 6.42 Å². The molecule has 0 aromatic carbocycles. The first kappa shape index (κ1) is 22.4. The highest BCUT2D eigenvalue weighted by Gasteiger charge is 2.17. The van der Waals surface area contributed by atoms with Gasteiger partial charge in [0.1, 0.15) is 11.9 Å². The molecule has 0 aliphatic carbocycles. The zero-order valence-corrected chi connectivity index (χ0v) is 14.9. The van der Waals surface area contributed by atoms with E-state index in [0.717, 1.165) is 0 Å². The van der Waals surface area contributed by atoms with Crippen LogP contribution in [0, 0.1) is 5.92 Å². The fraction of sp³-hybridized carbons (Fsp3) is 0.556. The van der Waals surface area contributed by atoms with Gasteiger partial charge in [-0.15, -0.1) is 0 Å². The fourth-order valence-corrected chi connectivity index (χ4v) is 1.34. The molecule has 0 amide bonds. The van der Waals surface area contributed by atoms with Crippen molar-refractivity contribution in [3.05, 3.63) is 36.1 Å². The zero-order chi connectivity index (χ0) is 17.7. The molecule has 0 aliphatic rings. The minimum absolute atomic E-state index is 0.0561. The molecule has 4 nitrogen and oxygen atoms in total. The molecule has 0 aromatic rings. The van der Waals surface area contributed by atoms with Crippen LogP contribution in [0.15, 0.2) is 36.1 Å². The average molecular weight is 310 g/mol. The number of carbonyl (C=O) groups excluding carboxylic acids is 2. The topological polar surface area (TPSA) is 52.6 Å². The molecule has 0 rings (SSSR count). The van der Waals surface area contributed by atoms with Gasteiger partial charge in [-0.25, -0.2) is 0 Å². The summed E-state index contributed by atoms with van der Waals surface area (Å²) in [7, 11) is 0. The Labute approximate surface area is 134 Å². The number of esters is 2. The number of carbonyl (C=O) groups is 2. The van der Waals surface area contributed by atoms with Gasteiger partial charge in [-0.3, -0.25) is 9.59 Å². The molecule has 0 fully saturated rings. The molecule has 22 heavy (non-hydrogen) atoms. The predicted molar refractivity (Wildman–Crippen MR) is 90.2 cm³/mol. The SMILES string of the molecule is C=C/C=C(OC(C)=O)\C(=C/C)CC(=O)OC(C)C(C)C.CC. The fourth-order valence-electron chi connectivity index (χ4n) is 1.34. The average Bonchev–Trinajstić information content (AvgIpc) is 2.45. The van der Waals surface area contributed by atoms with Gasteiger partial charge >= 0.3 is 11.9 Å². The maximum atomic E-state index is 11.9. The molecule has 0 radical (unpaired) electrons. The summed E-state index contributed by atoms with van der Waals surface area (Å²) >= 11 is 0. The molecular weight excluding hydrogens is 280 g/mol. The molecule has 0 spiro atoms. The first-order chi connectivity index (χ1) is 10.3. The van der Waals surface area contributed by atoms with Gasteiger partial charge in [0.2, 0.25) is 0 Å². The van der Waals surface area contributed by atoms with Crippen LogP contribution in [0.2, 0.25) is 0 Å². The van der Waals surface area contributed by atoms with Crippen molar-refractivity contribution in [3.8, 4) is 0 Å². The number of hydrogen-bond donors (Lipinski definition) is 0. The summed E-state index contributed by atoms with van der Waals surface area (Å²) in [6.07, 6.45) is 4.68. The van der Waals surface area contributed by atoms with E-state index >= 15 is 0 Å². The smallest absolute Gasteiger partial charge is 0.310 e. The third-order valence-corrected chi connectivity index (χ3v) is 2.78. The van der Waals surface area contributed by atoms with Crippen LogP contribution in [0.25, 0.3) is 0 Å². The molecule has 1 unspecified atom stereocenters. The van der Waals surface area contributed by atoms with Crippen molar-refractivity contribution < 1.29 is 19.1 Å². The minimum Gasteiger partial charge on any atom is -0.462 e. The van der Waals surface area contributed by atoms with Crippen LogP contribution in [-0.4, -0.2) is 18.0 Å². The van der Waals surface area contributed by atoms with Crippen LogP contribution < -0.4 is 0 Å². The van der Waals surface area contributed by atoms with Crippen molar-refractivity contribution in [1.82, 2.24) is 0 Å². The first-order valence-corrected chi connectivity index (χ1v) is 7.68. The molecule has 126 valence electrons. The molecule has 0 saturated carbocycles. The summed E-state index contributed by atoms with van der Waals surface area (Å²) in [5.41, 5.74) is 0.598. The van der Waals surface area contributed by atoms with Gasteiger partial charge < -0.3 is 9.47 Å². The molecule has 0 aliphatic heterocycles. The normalized spacial score (nSPS) is 12.9. The van der Waals surface area contributed by atoms with E-state index in [1.807, 2.05) is 34.6 Å². The van der Waals surface area contributed by atoms with Crippen LogP contribution >= 0.6 is 0 Å². The van der Waals surface area contributed by atoms with Crippen LogP contribution in [-0.2, 0) is 19.1 Å².